The SMILES string of the molecule is COC(=O)c1ccc2c(c1)CC(O)CN2.Cl. The summed E-state index contributed by atoms with van der Waals surface area (Å²) in [7, 11) is 1.36. The Kier molecular flexibility index (Phi) is 4.15. The Balaban J connectivity index is 0.00000128. The van der Waals surface area contributed by atoms with Crippen molar-refractivity contribution >= 4 is 24.1 Å². The molecular formula is C11H14ClNO3. The zero-order valence-electron chi connectivity index (χ0n) is 8.90. The average molecular weight is 244 g/mol. The summed E-state index contributed by atoms with van der Waals surface area (Å²) in [5, 5.41) is 12.6. The first kappa shape index (κ1) is 12.8. The standard InChI is InChI=1S/C11H13NO3.ClH/c1-15-11(14)7-2-3-10-8(4-7)5-9(13)6-12-10;/h2-4,9,12-13H,5-6H2,1H3;1H. The Morgan fingerprint density at radius 3 is 3.00 bits per heavy atom. The van der Waals surface area contributed by atoms with Gasteiger partial charge in [0.05, 0.1) is 18.8 Å². The first-order valence-electron chi connectivity index (χ1n) is 4.84. The van der Waals surface area contributed by atoms with Crippen molar-refractivity contribution in [2.45, 2.75) is 12.5 Å². The number of halogens is 1. The van der Waals surface area contributed by atoms with E-state index in [1.54, 1.807) is 12.1 Å². The van der Waals surface area contributed by atoms with E-state index in [2.05, 4.69) is 10.1 Å². The predicted molar refractivity (Wildman–Crippen MR) is 63.2 cm³/mol. The number of nitrogens with one attached hydrogen (secondary N) is 1. The lowest BCUT2D eigenvalue weighted by Gasteiger charge is -2.22. The highest BCUT2D eigenvalue weighted by Gasteiger charge is 2.17. The number of carbonyl (C=O) groups is 1. The summed E-state index contributed by atoms with van der Waals surface area (Å²) in [6.45, 7) is 0.560. The van der Waals surface area contributed by atoms with Crippen molar-refractivity contribution in [2.24, 2.45) is 0 Å². The van der Waals surface area contributed by atoms with Crippen LogP contribution in [0.5, 0.6) is 0 Å². The second-order valence-electron chi connectivity index (χ2n) is 3.60. The van der Waals surface area contributed by atoms with Crippen LogP contribution in [0.1, 0.15) is 15.9 Å². The second-order valence-corrected chi connectivity index (χ2v) is 3.60. The highest BCUT2D eigenvalue weighted by molar-refractivity contribution is 5.90. The highest BCUT2D eigenvalue weighted by atomic mass is 35.5. The highest BCUT2D eigenvalue weighted by Crippen LogP contribution is 2.23. The lowest BCUT2D eigenvalue weighted by atomic mass is 9.99. The van der Waals surface area contributed by atoms with Gasteiger partial charge in [-0.1, -0.05) is 0 Å². The monoisotopic (exact) mass is 243 g/mol. The molecule has 1 aromatic carbocycles. The number of methoxy groups -OCH3 is 1. The van der Waals surface area contributed by atoms with E-state index >= 15 is 0 Å². The van der Waals surface area contributed by atoms with Gasteiger partial charge in [-0.2, -0.15) is 0 Å². The number of β-amino-alcohol motifs (C(OH)–C–C–N with tert-alkyl or cyclic N) is 1. The molecule has 0 spiro atoms. The molecule has 5 heteroatoms. The van der Waals surface area contributed by atoms with Crippen molar-refractivity contribution in [3.05, 3.63) is 29.3 Å². The molecule has 2 N–H and O–H groups in total. The molecule has 0 bridgehead atoms. The molecule has 1 aromatic rings. The molecule has 0 saturated heterocycles. The van der Waals surface area contributed by atoms with E-state index in [4.69, 9.17) is 0 Å². The fraction of sp³-hybridized carbons (Fsp3) is 0.364. The smallest absolute Gasteiger partial charge is 0.337 e. The van der Waals surface area contributed by atoms with Crippen LogP contribution in [-0.2, 0) is 11.2 Å². The van der Waals surface area contributed by atoms with Gasteiger partial charge in [0, 0.05) is 18.7 Å². The fourth-order valence-corrected chi connectivity index (χ4v) is 1.73. The molecule has 1 atom stereocenters. The van der Waals surface area contributed by atoms with Gasteiger partial charge in [0.25, 0.3) is 0 Å². The van der Waals surface area contributed by atoms with Gasteiger partial charge in [-0.15, -0.1) is 12.4 Å². The largest absolute Gasteiger partial charge is 0.465 e. The van der Waals surface area contributed by atoms with Crippen LogP contribution in [0.25, 0.3) is 0 Å². The van der Waals surface area contributed by atoms with Crippen LogP contribution in [0.15, 0.2) is 18.2 Å². The Labute approximate surface area is 100 Å². The van der Waals surface area contributed by atoms with E-state index in [-0.39, 0.29) is 24.5 Å². The Bertz CT molecular complexity index is 395. The molecule has 0 amide bonds. The number of hydrogen-bond donors (Lipinski definition) is 2. The van der Waals surface area contributed by atoms with Crippen molar-refractivity contribution in [1.29, 1.82) is 0 Å². The Morgan fingerprint density at radius 2 is 2.31 bits per heavy atom. The summed E-state index contributed by atoms with van der Waals surface area (Å²) < 4.78 is 4.63. The van der Waals surface area contributed by atoms with E-state index in [0.29, 0.717) is 18.5 Å². The van der Waals surface area contributed by atoms with Crippen LogP contribution in [-0.4, -0.2) is 30.8 Å². The average Bonchev–Trinajstić information content (AvgIpc) is 2.27. The third-order valence-corrected chi connectivity index (χ3v) is 2.51. The Morgan fingerprint density at radius 1 is 1.56 bits per heavy atom. The van der Waals surface area contributed by atoms with Gasteiger partial charge in [-0.3, -0.25) is 0 Å². The summed E-state index contributed by atoms with van der Waals surface area (Å²) in [5.74, 6) is -0.349. The summed E-state index contributed by atoms with van der Waals surface area (Å²) in [5.41, 5.74) is 2.46. The first-order valence-corrected chi connectivity index (χ1v) is 4.84. The molecule has 16 heavy (non-hydrogen) atoms. The summed E-state index contributed by atoms with van der Waals surface area (Å²) >= 11 is 0. The third-order valence-electron chi connectivity index (χ3n) is 2.51. The van der Waals surface area contributed by atoms with Crippen LogP contribution in [0.4, 0.5) is 5.69 Å². The van der Waals surface area contributed by atoms with Gasteiger partial charge in [0.2, 0.25) is 0 Å². The molecule has 88 valence electrons. The molecule has 1 aliphatic heterocycles. The van der Waals surface area contributed by atoms with Crippen molar-refractivity contribution in [1.82, 2.24) is 0 Å². The maximum Gasteiger partial charge on any atom is 0.337 e. The number of aliphatic hydroxyl groups excluding tert-OH is 1. The zero-order chi connectivity index (χ0) is 10.8. The van der Waals surface area contributed by atoms with Crippen LogP contribution >= 0.6 is 12.4 Å². The summed E-state index contributed by atoms with van der Waals surface area (Å²) in [6, 6.07) is 5.32. The molecule has 0 radical (unpaired) electrons. The first-order chi connectivity index (χ1) is 7.20. The number of ether oxygens (including phenoxy) is 1. The van der Waals surface area contributed by atoms with Gasteiger partial charge < -0.3 is 15.2 Å². The number of fused-ring (bicyclic) bond motifs is 1. The van der Waals surface area contributed by atoms with Crippen LogP contribution < -0.4 is 5.32 Å². The fourth-order valence-electron chi connectivity index (χ4n) is 1.73. The van der Waals surface area contributed by atoms with Crippen molar-refractivity contribution in [3.8, 4) is 0 Å². The number of benzene rings is 1. The van der Waals surface area contributed by atoms with Crippen molar-refractivity contribution in [3.63, 3.8) is 0 Å². The lowest BCUT2D eigenvalue weighted by molar-refractivity contribution is 0.0600. The number of hydrogen-bond acceptors (Lipinski definition) is 4. The molecule has 1 heterocycles. The number of esters is 1. The van der Waals surface area contributed by atoms with Crippen molar-refractivity contribution < 1.29 is 14.6 Å². The number of carbonyl (C=O) groups excluding carboxylic acids is 1. The molecule has 1 aliphatic rings. The minimum atomic E-state index is -0.384. The van der Waals surface area contributed by atoms with Gasteiger partial charge in [0.1, 0.15) is 0 Å². The Hall–Kier alpha value is -1.26. The minimum Gasteiger partial charge on any atom is -0.465 e. The molecular weight excluding hydrogens is 230 g/mol. The zero-order valence-corrected chi connectivity index (χ0v) is 9.71. The van der Waals surface area contributed by atoms with E-state index in [1.807, 2.05) is 6.07 Å². The van der Waals surface area contributed by atoms with E-state index in [9.17, 15) is 9.90 Å². The molecule has 4 nitrogen and oxygen atoms in total. The van der Waals surface area contributed by atoms with Crippen LogP contribution in [0.3, 0.4) is 0 Å². The van der Waals surface area contributed by atoms with Crippen molar-refractivity contribution in [2.75, 3.05) is 19.0 Å². The predicted octanol–water partition coefficient (Wildman–Crippen LogP) is 1.22. The van der Waals surface area contributed by atoms with Crippen LogP contribution in [0, 0.1) is 0 Å². The van der Waals surface area contributed by atoms with E-state index < -0.39 is 0 Å². The molecule has 0 fully saturated rings. The van der Waals surface area contributed by atoms with E-state index in [1.165, 1.54) is 7.11 Å². The maximum atomic E-state index is 11.3. The topological polar surface area (TPSA) is 58.6 Å². The van der Waals surface area contributed by atoms with E-state index in [0.717, 1.165) is 11.3 Å². The third kappa shape index (κ3) is 2.46. The normalized spacial score (nSPS) is 17.8. The lowest BCUT2D eigenvalue weighted by Crippen LogP contribution is -2.27. The van der Waals surface area contributed by atoms with Gasteiger partial charge in [0.15, 0.2) is 0 Å². The molecule has 0 saturated carbocycles. The molecule has 2 rings (SSSR count). The molecule has 0 aromatic heterocycles. The van der Waals surface area contributed by atoms with Gasteiger partial charge >= 0.3 is 5.97 Å². The quantitative estimate of drug-likeness (QED) is 0.729. The van der Waals surface area contributed by atoms with Crippen LogP contribution in [0.2, 0.25) is 0 Å². The molecule has 0 aliphatic carbocycles. The number of aliphatic hydroxyl groups is 1. The van der Waals surface area contributed by atoms with Gasteiger partial charge in [-0.05, 0) is 23.8 Å². The second kappa shape index (κ2) is 5.18. The maximum absolute atomic E-state index is 11.3. The van der Waals surface area contributed by atoms with Gasteiger partial charge in [-0.25, -0.2) is 4.79 Å². The minimum absolute atomic E-state index is 0. The number of anilines is 1. The summed E-state index contributed by atoms with van der Waals surface area (Å²) in [6.07, 6.45) is 0.193. The molecule has 1 unspecified atom stereocenters. The summed E-state index contributed by atoms with van der Waals surface area (Å²) in [4.78, 5) is 11.3. The number of rotatable bonds is 1.